The summed E-state index contributed by atoms with van der Waals surface area (Å²) in [5.74, 6) is 0.295. The molecule has 0 fully saturated rings. The largest absolute Gasteiger partial charge is 0.416 e. The molecule has 2 rings (SSSR count). The van der Waals surface area contributed by atoms with Crippen LogP contribution >= 0.6 is 23.2 Å². The summed E-state index contributed by atoms with van der Waals surface area (Å²) in [4.78, 5) is 0. The van der Waals surface area contributed by atoms with Gasteiger partial charge in [-0.3, -0.25) is 0 Å². The molecule has 2 aromatic rings. The van der Waals surface area contributed by atoms with E-state index in [1.165, 1.54) is 10.7 Å². The molecule has 0 spiro atoms. The van der Waals surface area contributed by atoms with E-state index in [-0.39, 0.29) is 10.7 Å². The van der Waals surface area contributed by atoms with E-state index in [4.69, 9.17) is 23.2 Å². The van der Waals surface area contributed by atoms with Gasteiger partial charge in [0.1, 0.15) is 0 Å². The van der Waals surface area contributed by atoms with Gasteiger partial charge < -0.3 is 0 Å². The van der Waals surface area contributed by atoms with E-state index < -0.39 is 17.1 Å². The van der Waals surface area contributed by atoms with Crippen molar-refractivity contribution in [2.45, 2.75) is 18.5 Å². The van der Waals surface area contributed by atoms with Crippen molar-refractivity contribution in [3.05, 3.63) is 34.6 Å². The standard InChI is InChI=1S/C10H7Cl2F3N4/c1-5(11)9-16-17-18-19(9)8-3-2-6(4-7(8)12)10(13,14)15/h2-5H,1H3. The van der Waals surface area contributed by atoms with Crippen LogP contribution in [0.15, 0.2) is 18.2 Å². The van der Waals surface area contributed by atoms with Crippen LogP contribution in [0.4, 0.5) is 13.2 Å². The molecule has 0 aliphatic heterocycles. The van der Waals surface area contributed by atoms with Crippen molar-refractivity contribution in [2.24, 2.45) is 0 Å². The number of aromatic nitrogens is 4. The Bertz CT molecular complexity index is 595. The van der Waals surface area contributed by atoms with Crippen LogP contribution in [0.5, 0.6) is 0 Å². The highest BCUT2D eigenvalue weighted by Gasteiger charge is 2.31. The van der Waals surface area contributed by atoms with Gasteiger partial charge in [0.15, 0.2) is 5.82 Å². The Hall–Kier alpha value is -1.34. The van der Waals surface area contributed by atoms with Crippen LogP contribution in [0, 0.1) is 0 Å². The van der Waals surface area contributed by atoms with Gasteiger partial charge in [-0.15, -0.1) is 16.7 Å². The van der Waals surface area contributed by atoms with Gasteiger partial charge in [0.05, 0.1) is 21.7 Å². The van der Waals surface area contributed by atoms with Crippen molar-refractivity contribution in [2.75, 3.05) is 0 Å². The Labute approximate surface area is 116 Å². The van der Waals surface area contributed by atoms with Crippen molar-refractivity contribution >= 4 is 23.2 Å². The predicted octanol–water partition coefficient (Wildman–Crippen LogP) is 3.63. The van der Waals surface area contributed by atoms with Gasteiger partial charge in [-0.2, -0.15) is 17.9 Å². The van der Waals surface area contributed by atoms with E-state index in [1.807, 2.05) is 0 Å². The number of benzene rings is 1. The highest BCUT2D eigenvalue weighted by Crippen LogP contribution is 2.33. The van der Waals surface area contributed by atoms with Crippen LogP contribution < -0.4 is 0 Å². The Morgan fingerprint density at radius 3 is 2.53 bits per heavy atom. The SMILES string of the molecule is CC(Cl)c1nnnn1-c1ccc(C(F)(F)F)cc1Cl. The summed E-state index contributed by atoms with van der Waals surface area (Å²) in [5.41, 5.74) is -0.600. The fraction of sp³-hybridized carbons (Fsp3) is 0.300. The third kappa shape index (κ3) is 2.82. The summed E-state index contributed by atoms with van der Waals surface area (Å²) in [6.07, 6.45) is -4.45. The minimum atomic E-state index is -4.45. The Morgan fingerprint density at radius 2 is 2.00 bits per heavy atom. The van der Waals surface area contributed by atoms with Crippen molar-refractivity contribution < 1.29 is 13.2 Å². The second-order valence-electron chi connectivity index (χ2n) is 3.73. The average Bonchev–Trinajstić information content (AvgIpc) is 2.76. The summed E-state index contributed by atoms with van der Waals surface area (Å²) < 4.78 is 38.8. The summed E-state index contributed by atoms with van der Waals surface area (Å²) in [6.45, 7) is 1.64. The van der Waals surface area contributed by atoms with Crippen molar-refractivity contribution in [1.29, 1.82) is 0 Å². The van der Waals surface area contributed by atoms with E-state index in [0.29, 0.717) is 5.82 Å². The summed E-state index contributed by atoms with van der Waals surface area (Å²) >= 11 is 11.7. The third-order valence-electron chi connectivity index (χ3n) is 2.35. The molecule has 0 aliphatic carbocycles. The normalized spacial score (nSPS) is 13.6. The van der Waals surface area contributed by atoms with E-state index in [1.54, 1.807) is 6.92 Å². The highest BCUT2D eigenvalue weighted by molar-refractivity contribution is 6.32. The van der Waals surface area contributed by atoms with Crippen LogP contribution in [0.1, 0.15) is 23.7 Å². The number of hydrogen-bond donors (Lipinski definition) is 0. The smallest absolute Gasteiger partial charge is 0.194 e. The van der Waals surface area contributed by atoms with Crippen LogP contribution in [-0.4, -0.2) is 20.2 Å². The summed E-state index contributed by atoms with van der Waals surface area (Å²) in [7, 11) is 0. The zero-order chi connectivity index (χ0) is 14.2. The zero-order valence-corrected chi connectivity index (χ0v) is 11.0. The van der Waals surface area contributed by atoms with Crippen molar-refractivity contribution in [3.63, 3.8) is 0 Å². The summed E-state index contributed by atoms with van der Waals surface area (Å²) in [6, 6.07) is 2.93. The molecular weight excluding hydrogens is 304 g/mol. The van der Waals surface area contributed by atoms with E-state index in [0.717, 1.165) is 12.1 Å². The Balaban J connectivity index is 2.50. The Kier molecular flexibility index (Phi) is 3.69. The molecule has 0 saturated carbocycles. The number of hydrogen-bond acceptors (Lipinski definition) is 3. The minimum Gasteiger partial charge on any atom is -0.194 e. The fourth-order valence-electron chi connectivity index (χ4n) is 1.47. The highest BCUT2D eigenvalue weighted by atomic mass is 35.5. The molecule has 9 heteroatoms. The number of rotatable bonds is 2. The van der Waals surface area contributed by atoms with Crippen molar-refractivity contribution in [1.82, 2.24) is 20.2 Å². The van der Waals surface area contributed by atoms with Gasteiger partial charge in [-0.1, -0.05) is 11.6 Å². The number of alkyl halides is 4. The van der Waals surface area contributed by atoms with Crippen molar-refractivity contribution in [3.8, 4) is 5.69 Å². The molecule has 0 amide bonds. The molecule has 1 aromatic carbocycles. The van der Waals surface area contributed by atoms with Gasteiger partial charge in [0.2, 0.25) is 0 Å². The molecule has 19 heavy (non-hydrogen) atoms. The van der Waals surface area contributed by atoms with Crippen LogP contribution in [0.2, 0.25) is 5.02 Å². The van der Waals surface area contributed by atoms with Gasteiger partial charge in [0.25, 0.3) is 0 Å². The molecule has 0 bridgehead atoms. The van der Waals surface area contributed by atoms with Gasteiger partial charge in [0, 0.05) is 0 Å². The Morgan fingerprint density at radius 1 is 1.32 bits per heavy atom. The van der Waals surface area contributed by atoms with E-state index >= 15 is 0 Å². The first-order chi connectivity index (χ1) is 8.80. The molecule has 0 aliphatic rings. The lowest BCUT2D eigenvalue weighted by atomic mass is 10.2. The van der Waals surface area contributed by atoms with Gasteiger partial charge in [-0.25, -0.2) is 0 Å². The fourth-order valence-corrected chi connectivity index (χ4v) is 1.87. The molecule has 1 heterocycles. The predicted molar refractivity (Wildman–Crippen MR) is 63.4 cm³/mol. The third-order valence-corrected chi connectivity index (χ3v) is 2.85. The first-order valence-electron chi connectivity index (χ1n) is 5.10. The lowest BCUT2D eigenvalue weighted by Gasteiger charge is -2.11. The van der Waals surface area contributed by atoms with Crippen LogP contribution in [-0.2, 0) is 6.18 Å². The monoisotopic (exact) mass is 310 g/mol. The molecule has 0 radical (unpaired) electrons. The zero-order valence-electron chi connectivity index (χ0n) is 9.49. The molecule has 0 N–H and O–H groups in total. The molecule has 1 atom stereocenters. The van der Waals surface area contributed by atoms with Gasteiger partial charge >= 0.3 is 6.18 Å². The van der Waals surface area contributed by atoms with E-state index in [9.17, 15) is 13.2 Å². The summed E-state index contributed by atoms with van der Waals surface area (Å²) in [5, 5.41) is 10.2. The number of tetrazole rings is 1. The maximum atomic E-state index is 12.5. The maximum Gasteiger partial charge on any atom is 0.416 e. The first kappa shape index (κ1) is 14.1. The average molecular weight is 311 g/mol. The number of nitrogens with zero attached hydrogens (tertiary/aromatic N) is 4. The second-order valence-corrected chi connectivity index (χ2v) is 4.79. The second kappa shape index (κ2) is 4.97. The molecule has 102 valence electrons. The molecule has 0 saturated heterocycles. The quantitative estimate of drug-likeness (QED) is 0.795. The number of halogens is 5. The molecule has 1 aromatic heterocycles. The maximum absolute atomic E-state index is 12.5. The topological polar surface area (TPSA) is 43.6 Å². The first-order valence-corrected chi connectivity index (χ1v) is 5.91. The lowest BCUT2D eigenvalue weighted by Crippen LogP contribution is -2.08. The molecular formula is C10H7Cl2F3N4. The van der Waals surface area contributed by atoms with Crippen LogP contribution in [0.3, 0.4) is 0 Å². The van der Waals surface area contributed by atoms with E-state index in [2.05, 4.69) is 15.5 Å². The molecule has 1 unspecified atom stereocenters. The minimum absolute atomic E-state index is 0.110. The van der Waals surface area contributed by atoms with Gasteiger partial charge in [-0.05, 0) is 35.5 Å². The van der Waals surface area contributed by atoms with Crippen LogP contribution in [0.25, 0.3) is 5.69 Å². The lowest BCUT2D eigenvalue weighted by molar-refractivity contribution is -0.137. The molecule has 4 nitrogen and oxygen atoms in total.